The zero-order valence-corrected chi connectivity index (χ0v) is 14.1. The topological polar surface area (TPSA) is 87.7 Å². The van der Waals surface area contributed by atoms with Crippen LogP contribution in [-0.2, 0) is 17.5 Å². The number of nitrogens with zero attached hydrogens (tertiary/aromatic N) is 1. The van der Waals surface area contributed by atoms with Crippen LogP contribution in [0.3, 0.4) is 0 Å². The van der Waals surface area contributed by atoms with E-state index in [0.29, 0.717) is 6.07 Å². The molecule has 0 heterocycles. The maximum absolute atomic E-state index is 13.9. The number of carbonyl (C=O) groups is 1. The summed E-state index contributed by atoms with van der Waals surface area (Å²) >= 11 is -1.74. The summed E-state index contributed by atoms with van der Waals surface area (Å²) in [6.45, 7) is 6.21. The molecule has 0 spiro atoms. The third kappa shape index (κ3) is 5.10. The summed E-state index contributed by atoms with van der Waals surface area (Å²) in [4.78, 5) is 10.7. The molecular weight excluding hydrogens is 352 g/mol. The van der Waals surface area contributed by atoms with Crippen molar-refractivity contribution in [2.45, 2.75) is 38.6 Å². The number of hydrogen-bond acceptors (Lipinski definition) is 4. The standard InChI is InChI=1S/C14H16F4N2O3S/c1-7(20-24(22)13(2,3)4)8-5-9(14(16,17)18)11(15)10(6-8)23-12(19)21/h5-6H,1-4H3,(H2,19,21)/t24-/m1/s1. The summed E-state index contributed by atoms with van der Waals surface area (Å²) in [5, 5.41) is 0. The van der Waals surface area contributed by atoms with Gasteiger partial charge in [0.2, 0.25) is 0 Å². The van der Waals surface area contributed by atoms with E-state index in [1.807, 2.05) is 0 Å². The largest absolute Gasteiger partial charge is 0.591 e. The Kier molecular flexibility index (Phi) is 5.88. The van der Waals surface area contributed by atoms with Crippen LogP contribution in [0.1, 0.15) is 38.8 Å². The number of benzene rings is 1. The van der Waals surface area contributed by atoms with Crippen LogP contribution in [0.2, 0.25) is 0 Å². The fourth-order valence-electron chi connectivity index (χ4n) is 1.51. The molecule has 0 radical (unpaired) electrons. The van der Waals surface area contributed by atoms with Crippen molar-refractivity contribution in [2.24, 2.45) is 10.1 Å². The Morgan fingerprint density at radius 1 is 1.29 bits per heavy atom. The van der Waals surface area contributed by atoms with Crippen molar-refractivity contribution in [3.8, 4) is 5.75 Å². The molecule has 0 fully saturated rings. The molecule has 1 amide bonds. The molecule has 1 aromatic carbocycles. The van der Waals surface area contributed by atoms with E-state index >= 15 is 0 Å². The maximum Gasteiger partial charge on any atom is 0.419 e. The second-order valence-corrected chi connectivity index (χ2v) is 7.70. The molecule has 0 aliphatic rings. The molecule has 0 saturated carbocycles. The Bertz CT molecular complexity index is 669. The first-order chi connectivity index (χ1) is 10.7. The number of ether oxygens (including phenoxy) is 1. The Hall–Kier alpha value is -1.81. The van der Waals surface area contributed by atoms with E-state index in [1.165, 1.54) is 6.92 Å². The number of alkyl halides is 3. The van der Waals surface area contributed by atoms with Crippen LogP contribution in [-0.4, -0.2) is 21.1 Å². The second kappa shape index (κ2) is 6.98. The highest BCUT2D eigenvalue weighted by Crippen LogP contribution is 2.36. The molecule has 0 aliphatic heterocycles. The zero-order chi connectivity index (χ0) is 18.9. The third-order valence-electron chi connectivity index (χ3n) is 2.72. The molecule has 134 valence electrons. The van der Waals surface area contributed by atoms with Crippen molar-refractivity contribution in [3.05, 3.63) is 29.1 Å². The van der Waals surface area contributed by atoms with Crippen molar-refractivity contribution in [2.75, 3.05) is 0 Å². The Morgan fingerprint density at radius 2 is 1.83 bits per heavy atom. The molecular formula is C14H16F4N2O3S. The van der Waals surface area contributed by atoms with Gasteiger partial charge in [-0.1, -0.05) is 4.40 Å². The van der Waals surface area contributed by atoms with E-state index in [9.17, 15) is 26.9 Å². The number of amides is 1. The van der Waals surface area contributed by atoms with Crippen LogP contribution in [0.25, 0.3) is 0 Å². The number of halogens is 4. The highest BCUT2D eigenvalue weighted by atomic mass is 32.2. The lowest BCUT2D eigenvalue weighted by atomic mass is 10.1. The normalized spacial score (nSPS) is 14.5. The van der Waals surface area contributed by atoms with Gasteiger partial charge in [-0.05, 0) is 39.8 Å². The first-order valence-corrected chi connectivity index (χ1v) is 7.70. The van der Waals surface area contributed by atoms with Crippen LogP contribution in [0, 0.1) is 5.82 Å². The van der Waals surface area contributed by atoms with Gasteiger partial charge in [-0.3, -0.25) is 0 Å². The van der Waals surface area contributed by atoms with Gasteiger partial charge < -0.3 is 15.0 Å². The quantitative estimate of drug-likeness (QED) is 0.503. The second-order valence-electron chi connectivity index (χ2n) is 5.79. The monoisotopic (exact) mass is 368 g/mol. The van der Waals surface area contributed by atoms with Gasteiger partial charge in [-0.25, -0.2) is 9.18 Å². The summed E-state index contributed by atoms with van der Waals surface area (Å²) in [5.74, 6) is -2.75. The van der Waals surface area contributed by atoms with E-state index in [2.05, 4.69) is 9.13 Å². The minimum Gasteiger partial charge on any atom is -0.591 e. The summed E-state index contributed by atoms with van der Waals surface area (Å²) in [6.07, 6.45) is -6.49. The van der Waals surface area contributed by atoms with Crippen LogP contribution in [0.15, 0.2) is 16.5 Å². The summed E-state index contributed by atoms with van der Waals surface area (Å²) in [6, 6.07) is 1.34. The zero-order valence-electron chi connectivity index (χ0n) is 13.3. The summed E-state index contributed by atoms with van der Waals surface area (Å²) < 4.78 is 72.1. The lowest BCUT2D eigenvalue weighted by molar-refractivity contribution is -0.140. The van der Waals surface area contributed by atoms with Crippen LogP contribution in [0.5, 0.6) is 5.75 Å². The van der Waals surface area contributed by atoms with Gasteiger partial charge in [0.15, 0.2) is 11.6 Å². The molecule has 1 rings (SSSR count). The Morgan fingerprint density at radius 3 is 2.25 bits per heavy atom. The number of rotatable bonds is 3. The summed E-state index contributed by atoms with van der Waals surface area (Å²) in [7, 11) is 0. The lowest BCUT2D eigenvalue weighted by Gasteiger charge is -2.19. The highest BCUT2D eigenvalue weighted by molar-refractivity contribution is 7.91. The fraction of sp³-hybridized carbons (Fsp3) is 0.429. The minimum absolute atomic E-state index is 0.0388. The molecule has 24 heavy (non-hydrogen) atoms. The average Bonchev–Trinajstić information content (AvgIpc) is 2.37. The molecule has 0 aromatic heterocycles. The number of nitrogens with two attached hydrogens (primary N) is 1. The van der Waals surface area contributed by atoms with Gasteiger partial charge >= 0.3 is 12.3 Å². The average molecular weight is 368 g/mol. The van der Waals surface area contributed by atoms with Gasteiger partial charge in [-0.15, -0.1) is 0 Å². The molecule has 0 unspecified atom stereocenters. The first-order valence-electron chi connectivity index (χ1n) is 6.59. The Labute approximate surface area is 139 Å². The van der Waals surface area contributed by atoms with Crippen molar-refractivity contribution in [1.82, 2.24) is 0 Å². The molecule has 2 N–H and O–H groups in total. The van der Waals surface area contributed by atoms with Crippen molar-refractivity contribution in [1.29, 1.82) is 0 Å². The van der Waals surface area contributed by atoms with E-state index in [4.69, 9.17) is 5.73 Å². The molecule has 0 aliphatic carbocycles. The molecule has 10 heteroatoms. The smallest absolute Gasteiger partial charge is 0.419 e. The van der Waals surface area contributed by atoms with E-state index in [1.54, 1.807) is 20.8 Å². The van der Waals surface area contributed by atoms with Gasteiger partial charge in [0.25, 0.3) is 0 Å². The predicted octanol–water partition coefficient (Wildman–Crippen LogP) is 3.57. The number of carbonyl (C=O) groups excluding carboxylic acids is 1. The maximum atomic E-state index is 13.9. The van der Waals surface area contributed by atoms with E-state index < -0.39 is 45.5 Å². The van der Waals surface area contributed by atoms with Crippen LogP contribution < -0.4 is 10.5 Å². The van der Waals surface area contributed by atoms with E-state index in [-0.39, 0.29) is 11.3 Å². The van der Waals surface area contributed by atoms with Crippen LogP contribution in [0.4, 0.5) is 22.4 Å². The van der Waals surface area contributed by atoms with Gasteiger partial charge in [-0.2, -0.15) is 13.2 Å². The molecule has 1 atom stereocenters. The SMILES string of the molecule is CC(=N[S@+]([O-])C(C)(C)C)c1cc(OC(N)=O)c(F)c(C(F)(F)F)c1. The van der Waals surface area contributed by atoms with Crippen molar-refractivity contribution < 1.29 is 31.6 Å². The number of primary amides is 1. The number of hydrogen-bond donors (Lipinski definition) is 1. The molecule has 0 bridgehead atoms. The first kappa shape index (κ1) is 20.2. The van der Waals surface area contributed by atoms with E-state index in [0.717, 1.165) is 6.07 Å². The van der Waals surface area contributed by atoms with Crippen molar-refractivity contribution >= 4 is 23.2 Å². The summed E-state index contributed by atoms with van der Waals surface area (Å²) in [5.41, 5.74) is 2.85. The van der Waals surface area contributed by atoms with Gasteiger partial charge in [0.1, 0.15) is 16.1 Å². The molecule has 5 nitrogen and oxygen atoms in total. The van der Waals surface area contributed by atoms with Crippen LogP contribution >= 0.6 is 0 Å². The lowest BCUT2D eigenvalue weighted by Crippen LogP contribution is -2.26. The molecule has 1 aromatic rings. The fourth-order valence-corrected chi connectivity index (χ4v) is 2.14. The Balaban J connectivity index is 3.48. The van der Waals surface area contributed by atoms with Gasteiger partial charge in [0, 0.05) is 5.56 Å². The molecule has 0 saturated heterocycles. The minimum atomic E-state index is -5.03. The predicted molar refractivity (Wildman–Crippen MR) is 81.7 cm³/mol. The van der Waals surface area contributed by atoms with Gasteiger partial charge in [0.05, 0.1) is 11.3 Å². The highest BCUT2D eigenvalue weighted by Gasteiger charge is 2.37. The van der Waals surface area contributed by atoms with Crippen molar-refractivity contribution in [3.63, 3.8) is 0 Å². The third-order valence-corrected chi connectivity index (χ3v) is 4.20.